The Bertz CT molecular complexity index is 2420. The second-order valence-electron chi connectivity index (χ2n) is 10.5. The number of hydrogen-bond acceptors (Lipinski definition) is 12. The molecule has 0 atom stereocenters. The number of nitrogens with one attached hydrogen (secondary N) is 2. The van der Waals surface area contributed by atoms with Crippen LogP contribution >= 0.6 is 0 Å². The summed E-state index contributed by atoms with van der Waals surface area (Å²) in [6.45, 7) is 0. The molecule has 10 N–H and O–H groups in total. The van der Waals surface area contributed by atoms with Crippen LogP contribution in [0, 0.1) is 0 Å². The minimum absolute atomic E-state index is 0.0330. The van der Waals surface area contributed by atoms with Crippen molar-refractivity contribution in [2.24, 2.45) is 0 Å². The number of nitrogens with two attached hydrogens (primary N) is 2. The highest BCUT2D eigenvalue weighted by atomic mass is 32.3. The van der Waals surface area contributed by atoms with E-state index in [-0.39, 0.29) is 22.6 Å². The lowest BCUT2D eigenvalue weighted by Crippen LogP contribution is -2.50. The topological polar surface area (TPSA) is 328 Å². The highest BCUT2D eigenvalue weighted by molar-refractivity contribution is 8.05. The number of carbonyl (C=O) groups is 2. The zero-order chi connectivity index (χ0) is 37.4. The first kappa shape index (κ1) is 37.9. The molecule has 3 aromatic rings. The zero-order valence-corrected chi connectivity index (χ0v) is 28.2. The second-order valence-corrected chi connectivity index (χ2v) is 16.9. The third kappa shape index (κ3) is 7.92. The van der Waals surface area contributed by atoms with Gasteiger partial charge in [0.1, 0.15) is 9.79 Å². The number of nitrogen functional groups attached to an aromatic ring is 2. The summed E-state index contributed by atoms with van der Waals surface area (Å²) >= 11 is 0. The molecule has 2 amide bonds. The van der Waals surface area contributed by atoms with Gasteiger partial charge in [-0.1, -0.05) is 30.4 Å². The molecule has 18 nitrogen and oxygen atoms in total. The SMILES string of the molecule is Nc1ccc(C(=O)NC2=CC=C(C=Cc3ccc(NC(=O)c4ccc(N)cc4S(=O)(=O)O)cc3)C(S(=O)(=O)O)(S(=O)(=O)O)C2)c(S(=O)(=O)O)c1. The molecule has 266 valence electrons. The molecule has 0 spiro atoms. The van der Waals surface area contributed by atoms with Gasteiger partial charge in [-0.05, 0) is 65.7 Å². The van der Waals surface area contributed by atoms with Gasteiger partial charge in [0.15, 0.2) is 0 Å². The molecular formula is C28H26N4O14S4. The predicted octanol–water partition coefficient (Wildman–Crippen LogP) is 1.73. The number of hydrogen-bond donors (Lipinski definition) is 8. The van der Waals surface area contributed by atoms with Crippen LogP contribution in [-0.4, -0.2) is 67.8 Å². The van der Waals surface area contributed by atoms with Crippen molar-refractivity contribution in [1.82, 2.24) is 5.32 Å². The molecule has 1 aliphatic carbocycles. The molecule has 0 fully saturated rings. The summed E-state index contributed by atoms with van der Waals surface area (Å²) in [6.07, 6.45) is 2.69. The first-order chi connectivity index (χ1) is 22.9. The van der Waals surface area contributed by atoms with Gasteiger partial charge in [-0.15, -0.1) is 0 Å². The van der Waals surface area contributed by atoms with Crippen LogP contribution in [0.4, 0.5) is 17.1 Å². The minimum Gasteiger partial charge on any atom is -0.399 e. The molecule has 22 heteroatoms. The maximum Gasteiger partial charge on any atom is 0.295 e. The number of amides is 2. The lowest BCUT2D eigenvalue weighted by Gasteiger charge is -2.32. The Hall–Kier alpha value is -4.94. The Kier molecular flexibility index (Phi) is 10.2. The first-order valence-corrected chi connectivity index (χ1v) is 19.2. The van der Waals surface area contributed by atoms with Crippen LogP contribution in [0.25, 0.3) is 6.08 Å². The van der Waals surface area contributed by atoms with Crippen LogP contribution in [0.1, 0.15) is 32.7 Å². The quantitative estimate of drug-likeness (QED) is 0.107. The monoisotopic (exact) mass is 770 g/mol. The maximum absolute atomic E-state index is 12.9. The van der Waals surface area contributed by atoms with Crippen molar-refractivity contribution in [3.8, 4) is 0 Å². The van der Waals surface area contributed by atoms with Gasteiger partial charge in [0.05, 0.1) is 11.1 Å². The molecule has 0 radical (unpaired) electrons. The van der Waals surface area contributed by atoms with Crippen LogP contribution in [0.15, 0.2) is 100.0 Å². The third-order valence-corrected chi connectivity index (χ3v) is 12.6. The Morgan fingerprint density at radius 2 is 1.10 bits per heavy atom. The lowest BCUT2D eigenvalue weighted by atomic mass is 9.99. The zero-order valence-electron chi connectivity index (χ0n) is 24.9. The summed E-state index contributed by atoms with van der Waals surface area (Å²) in [4.78, 5) is 24.0. The molecule has 0 saturated heterocycles. The molecule has 1 aliphatic rings. The predicted molar refractivity (Wildman–Crippen MR) is 179 cm³/mol. The van der Waals surface area contributed by atoms with Gasteiger partial charge >= 0.3 is 0 Å². The van der Waals surface area contributed by atoms with E-state index in [0.717, 1.165) is 48.6 Å². The fourth-order valence-electron chi connectivity index (χ4n) is 4.77. The van der Waals surface area contributed by atoms with Crippen LogP contribution in [0.2, 0.25) is 0 Å². The largest absolute Gasteiger partial charge is 0.399 e. The Morgan fingerprint density at radius 1 is 0.640 bits per heavy atom. The van der Waals surface area contributed by atoms with Crippen LogP contribution < -0.4 is 22.1 Å². The summed E-state index contributed by atoms with van der Waals surface area (Å²) in [5.41, 5.74) is 8.99. The fraction of sp³-hybridized carbons (Fsp3) is 0.0714. The average Bonchev–Trinajstić information content (AvgIpc) is 2.98. The van der Waals surface area contributed by atoms with E-state index < -0.39 is 95.0 Å². The van der Waals surface area contributed by atoms with Crippen molar-refractivity contribution in [2.75, 3.05) is 16.8 Å². The fourth-order valence-corrected chi connectivity index (χ4v) is 8.82. The molecule has 0 bridgehead atoms. The lowest BCUT2D eigenvalue weighted by molar-refractivity contribution is 0.0959. The number of rotatable bonds is 10. The minimum atomic E-state index is -5.75. The summed E-state index contributed by atoms with van der Waals surface area (Å²) in [6, 6.07) is 11.4. The van der Waals surface area contributed by atoms with E-state index in [9.17, 15) is 61.5 Å². The van der Waals surface area contributed by atoms with Crippen LogP contribution in [0.5, 0.6) is 0 Å². The molecule has 3 aromatic carbocycles. The molecule has 50 heavy (non-hydrogen) atoms. The normalized spacial score (nSPS) is 15.2. The molecule has 4 rings (SSSR count). The molecule has 0 aliphatic heterocycles. The van der Waals surface area contributed by atoms with E-state index >= 15 is 0 Å². The van der Waals surface area contributed by atoms with Crippen LogP contribution in [-0.2, 0) is 40.5 Å². The van der Waals surface area contributed by atoms with Crippen LogP contribution in [0.3, 0.4) is 0 Å². The first-order valence-electron chi connectivity index (χ1n) is 13.4. The number of allylic oxidation sites excluding steroid dienone is 4. The summed E-state index contributed by atoms with van der Waals surface area (Å²) < 4.78 is 133. The summed E-state index contributed by atoms with van der Waals surface area (Å²) in [5, 5.41) is 4.52. The molecule has 0 saturated carbocycles. The van der Waals surface area contributed by atoms with Crippen molar-refractivity contribution in [3.63, 3.8) is 0 Å². The third-order valence-electron chi connectivity index (χ3n) is 7.11. The number of anilines is 3. The Morgan fingerprint density at radius 3 is 1.54 bits per heavy atom. The Balaban J connectivity index is 1.66. The van der Waals surface area contributed by atoms with E-state index in [1.54, 1.807) is 0 Å². The van der Waals surface area contributed by atoms with E-state index in [4.69, 9.17) is 11.5 Å². The van der Waals surface area contributed by atoms with Gasteiger partial charge in [-0.25, -0.2) is 0 Å². The van der Waals surface area contributed by atoms with Crippen molar-refractivity contribution >= 4 is 75.4 Å². The average molecular weight is 771 g/mol. The summed E-state index contributed by atoms with van der Waals surface area (Å²) in [7, 11) is -21.3. The molecule has 0 aromatic heterocycles. The second kappa shape index (κ2) is 13.4. The van der Waals surface area contributed by atoms with Crippen molar-refractivity contribution in [2.45, 2.75) is 20.3 Å². The van der Waals surface area contributed by atoms with Gasteiger partial charge in [0.25, 0.3) is 56.4 Å². The molecule has 0 unspecified atom stereocenters. The van der Waals surface area contributed by atoms with Gasteiger partial charge in [0.2, 0.25) is 0 Å². The molecule has 0 heterocycles. The number of carbonyl (C=O) groups excluding carboxylic acids is 2. The van der Waals surface area contributed by atoms with E-state index in [0.29, 0.717) is 0 Å². The van der Waals surface area contributed by atoms with Gasteiger partial charge in [0, 0.05) is 29.2 Å². The Labute approximate surface area is 285 Å². The van der Waals surface area contributed by atoms with E-state index in [1.807, 2.05) is 0 Å². The van der Waals surface area contributed by atoms with Crippen molar-refractivity contribution < 1.29 is 61.5 Å². The van der Waals surface area contributed by atoms with Crippen molar-refractivity contribution in [1.29, 1.82) is 0 Å². The summed E-state index contributed by atoms with van der Waals surface area (Å²) in [5.74, 6) is -2.19. The van der Waals surface area contributed by atoms with Gasteiger partial charge < -0.3 is 22.1 Å². The maximum atomic E-state index is 12.9. The van der Waals surface area contributed by atoms with E-state index in [1.165, 1.54) is 36.4 Å². The highest BCUT2D eigenvalue weighted by Crippen LogP contribution is 2.41. The number of benzene rings is 3. The highest BCUT2D eigenvalue weighted by Gasteiger charge is 2.58. The van der Waals surface area contributed by atoms with E-state index in [2.05, 4.69) is 10.6 Å². The van der Waals surface area contributed by atoms with Crippen molar-refractivity contribution in [3.05, 3.63) is 107 Å². The van der Waals surface area contributed by atoms with Gasteiger partial charge in [-0.3, -0.25) is 27.8 Å². The standard InChI is InChI=1S/C28H26N4O14S4/c29-18-6-11-22(24(13-18)47(35,36)37)26(33)31-20-8-2-16(3-9-20)1-4-17-5-10-21(15-28(17,49(41,42)43)50(44,45)46)32-27(34)23-12-7-19(30)14-25(23)48(38,39)40/h1-14H,15,29-30H2,(H,31,33)(H,32,34)(H,35,36,37)(H,38,39,40)(H,41,42,43)(H,44,45,46). The van der Waals surface area contributed by atoms with Gasteiger partial charge in [-0.2, -0.15) is 33.7 Å². The smallest absolute Gasteiger partial charge is 0.295 e. The molecular weight excluding hydrogens is 745 g/mol.